The number of ether oxygens (including phenoxy) is 6. The summed E-state index contributed by atoms with van der Waals surface area (Å²) in [6.45, 7) is 1.37. The van der Waals surface area contributed by atoms with Crippen LogP contribution in [0.2, 0.25) is 5.02 Å². The monoisotopic (exact) mass is 571 g/mol. The van der Waals surface area contributed by atoms with Crippen LogP contribution in [0.4, 0.5) is 13.2 Å². The lowest BCUT2D eigenvalue weighted by atomic mass is 9.97. The quantitative estimate of drug-likeness (QED) is 0.258. The Kier molecular flexibility index (Phi) is 8.52. The van der Waals surface area contributed by atoms with Gasteiger partial charge in [-0.2, -0.15) is 13.2 Å². The lowest BCUT2D eigenvalue weighted by Gasteiger charge is -2.25. The number of aromatic nitrogens is 3. The third-order valence-corrected chi connectivity index (χ3v) is 6.03. The first kappa shape index (κ1) is 28.5. The van der Waals surface area contributed by atoms with Gasteiger partial charge in [0.25, 0.3) is 0 Å². The molecule has 0 amide bonds. The molecule has 0 saturated heterocycles. The van der Waals surface area contributed by atoms with Crippen LogP contribution in [-0.4, -0.2) is 55.5 Å². The second-order valence-corrected chi connectivity index (χ2v) is 8.64. The molecule has 2 atom stereocenters. The van der Waals surface area contributed by atoms with Gasteiger partial charge in [-0.15, -0.1) is 10.2 Å². The molecule has 0 fully saturated rings. The first-order valence-corrected chi connectivity index (χ1v) is 12.0. The van der Waals surface area contributed by atoms with Gasteiger partial charge in [0, 0.05) is 29.3 Å². The number of methoxy groups -OCH3 is 3. The lowest BCUT2D eigenvalue weighted by Crippen LogP contribution is -2.19. The fourth-order valence-electron chi connectivity index (χ4n) is 4.34. The van der Waals surface area contributed by atoms with E-state index in [1.54, 1.807) is 25.1 Å². The van der Waals surface area contributed by atoms with Gasteiger partial charge in [0.1, 0.15) is 18.0 Å². The molecular formula is C25H25ClF3N3O7. The molecule has 0 N–H and O–H groups in total. The number of halogens is 4. The third kappa shape index (κ3) is 5.60. The minimum atomic E-state index is -4.93. The summed E-state index contributed by atoms with van der Waals surface area (Å²) in [5.74, 6) is -1.79. The maximum absolute atomic E-state index is 14.3. The standard InChI is InChI=1S/C25H25ClF3N3O7/c1-5-37-19(33)11-18-23-30-31-24(25(27,28)29)32(23)20-15(9-13(26)10-17(20)38-12-34-2)21(39-18)14-7-6-8-16(35-3)22(14)36-4/h6-10,18,21H,5,11-12H2,1-4H3/t18-,21-/m1/s1. The minimum Gasteiger partial charge on any atom is -0.493 e. The summed E-state index contributed by atoms with van der Waals surface area (Å²) < 4.78 is 76.7. The minimum absolute atomic E-state index is 0.0573. The van der Waals surface area contributed by atoms with Crippen LogP contribution in [0.1, 0.15) is 48.3 Å². The molecule has 14 heteroatoms. The van der Waals surface area contributed by atoms with Crippen LogP contribution in [0.3, 0.4) is 0 Å². The fraction of sp³-hybridized carbons (Fsp3) is 0.400. The summed E-state index contributed by atoms with van der Waals surface area (Å²) in [6.07, 6.45) is -7.84. The molecule has 0 aliphatic carbocycles. The summed E-state index contributed by atoms with van der Waals surface area (Å²) in [7, 11) is 4.21. The van der Waals surface area contributed by atoms with E-state index in [9.17, 15) is 18.0 Å². The van der Waals surface area contributed by atoms with Gasteiger partial charge in [0.2, 0.25) is 5.82 Å². The van der Waals surface area contributed by atoms with Gasteiger partial charge in [-0.25, -0.2) is 0 Å². The number of carbonyl (C=O) groups is 1. The van der Waals surface area contributed by atoms with Crippen LogP contribution in [0.5, 0.6) is 17.2 Å². The van der Waals surface area contributed by atoms with Gasteiger partial charge in [0.15, 0.2) is 24.1 Å². The zero-order valence-corrected chi connectivity index (χ0v) is 22.1. The second-order valence-electron chi connectivity index (χ2n) is 8.20. The average molecular weight is 572 g/mol. The number of para-hydroxylation sites is 1. The Balaban J connectivity index is 2.08. The SMILES string of the molecule is CCOC(=O)C[C@H]1O[C@H](c2cccc(OC)c2OC)c2cc(Cl)cc(OCOC)c2-n2c1nnc2C(F)(F)F. The Morgan fingerprint density at radius 1 is 1.10 bits per heavy atom. The Bertz CT molecular complexity index is 1350. The van der Waals surface area contributed by atoms with Crippen molar-refractivity contribution in [3.63, 3.8) is 0 Å². The molecule has 39 heavy (non-hydrogen) atoms. The van der Waals surface area contributed by atoms with Crippen molar-refractivity contribution in [3.8, 4) is 22.9 Å². The van der Waals surface area contributed by atoms with Crippen LogP contribution in [0.25, 0.3) is 5.69 Å². The molecule has 0 saturated carbocycles. The van der Waals surface area contributed by atoms with E-state index in [2.05, 4.69) is 10.2 Å². The molecule has 1 aromatic heterocycles. The predicted octanol–water partition coefficient (Wildman–Crippen LogP) is 5.05. The molecule has 1 aliphatic rings. The Morgan fingerprint density at radius 2 is 1.87 bits per heavy atom. The molecule has 3 aromatic rings. The molecule has 0 radical (unpaired) electrons. The highest BCUT2D eigenvalue weighted by Crippen LogP contribution is 2.49. The molecule has 0 unspecified atom stereocenters. The number of rotatable bonds is 9. The number of benzene rings is 2. The molecular weight excluding hydrogens is 547 g/mol. The molecule has 2 heterocycles. The largest absolute Gasteiger partial charge is 0.493 e. The van der Waals surface area contributed by atoms with Gasteiger partial charge in [0.05, 0.1) is 32.9 Å². The predicted molar refractivity (Wildman–Crippen MR) is 130 cm³/mol. The highest BCUT2D eigenvalue weighted by molar-refractivity contribution is 6.30. The average Bonchev–Trinajstić information content (AvgIpc) is 3.29. The molecule has 2 aromatic carbocycles. The first-order chi connectivity index (χ1) is 18.6. The number of alkyl halides is 3. The van der Waals surface area contributed by atoms with E-state index in [4.69, 9.17) is 40.0 Å². The normalized spacial score (nSPS) is 16.6. The van der Waals surface area contributed by atoms with Crippen molar-refractivity contribution in [2.45, 2.75) is 31.7 Å². The van der Waals surface area contributed by atoms with Gasteiger partial charge in [-0.1, -0.05) is 23.7 Å². The van der Waals surface area contributed by atoms with Crippen molar-refractivity contribution in [3.05, 3.63) is 58.1 Å². The highest BCUT2D eigenvalue weighted by Gasteiger charge is 2.45. The fourth-order valence-corrected chi connectivity index (χ4v) is 4.56. The zero-order valence-electron chi connectivity index (χ0n) is 21.4. The van der Waals surface area contributed by atoms with Gasteiger partial charge in [-0.05, 0) is 19.1 Å². The van der Waals surface area contributed by atoms with E-state index < -0.39 is 36.6 Å². The molecule has 4 rings (SSSR count). The molecule has 0 bridgehead atoms. The van der Waals surface area contributed by atoms with Crippen molar-refractivity contribution >= 4 is 17.6 Å². The van der Waals surface area contributed by atoms with E-state index in [1.165, 1.54) is 33.5 Å². The molecule has 210 valence electrons. The number of hydrogen-bond acceptors (Lipinski definition) is 9. The summed E-state index contributed by atoms with van der Waals surface area (Å²) in [5.41, 5.74) is 0.460. The molecule has 1 aliphatic heterocycles. The van der Waals surface area contributed by atoms with E-state index in [0.717, 1.165) is 4.57 Å². The number of nitrogens with zero attached hydrogens (tertiary/aromatic N) is 3. The van der Waals surface area contributed by atoms with Crippen LogP contribution in [-0.2, 0) is 25.2 Å². The highest BCUT2D eigenvalue weighted by atomic mass is 35.5. The van der Waals surface area contributed by atoms with Crippen LogP contribution >= 0.6 is 11.6 Å². The van der Waals surface area contributed by atoms with Gasteiger partial charge >= 0.3 is 12.1 Å². The second kappa shape index (κ2) is 11.7. The Hall–Kier alpha value is -3.55. The summed E-state index contributed by atoms with van der Waals surface area (Å²) in [6, 6.07) is 7.76. The maximum Gasteiger partial charge on any atom is 0.452 e. The summed E-state index contributed by atoms with van der Waals surface area (Å²) in [5, 5.41) is 7.36. The van der Waals surface area contributed by atoms with Gasteiger partial charge < -0.3 is 28.4 Å². The topological polar surface area (TPSA) is 103 Å². The van der Waals surface area contributed by atoms with Crippen molar-refractivity contribution in [1.29, 1.82) is 0 Å². The number of esters is 1. The summed E-state index contributed by atoms with van der Waals surface area (Å²) >= 11 is 6.42. The molecule has 0 spiro atoms. The van der Waals surface area contributed by atoms with Crippen molar-refractivity contribution in [2.75, 3.05) is 34.7 Å². The van der Waals surface area contributed by atoms with E-state index in [0.29, 0.717) is 11.3 Å². The van der Waals surface area contributed by atoms with Crippen molar-refractivity contribution in [2.24, 2.45) is 0 Å². The number of fused-ring (bicyclic) bond motifs is 3. The smallest absolute Gasteiger partial charge is 0.452 e. The van der Waals surface area contributed by atoms with Crippen molar-refractivity contribution in [1.82, 2.24) is 14.8 Å². The van der Waals surface area contributed by atoms with E-state index in [1.807, 2.05) is 0 Å². The lowest BCUT2D eigenvalue weighted by molar-refractivity contribution is -0.147. The Labute approximate surface area is 226 Å². The summed E-state index contributed by atoms with van der Waals surface area (Å²) in [4.78, 5) is 12.6. The van der Waals surface area contributed by atoms with Crippen LogP contribution in [0, 0.1) is 0 Å². The zero-order chi connectivity index (χ0) is 28.3. The number of hydrogen-bond donors (Lipinski definition) is 0. The van der Waals surface area contributed by atoms with Crippen LogP contribution in [0.15, 0.2) is 30.3 Å². The Morgan fingerprint density at radius 3 is 2.51 bits per heavy atom. The molecule has 10 nitrogen and oxygen atoms in total. The number of carbonyl (C=O) groups excluding carboxylic acids is 1. The first-order valence-electron chi connectivity index (χ1n) is 11.6. The van der Waals surface area contributed by atoms with Gasteiger partial charge in [-0.3, -0.25) is 9.36 Å². The van der Waals surface area contributed by atoms with E-state index >= 15 is 0 Å². The van der Waals surface area contributed by atoms with Crippen LogP contribution < -0.4 is 14.2 Å². The van der Waals surface area contributed by atoms with Crippen molar-refractivity contribution < 1.29 is 46.4 Å². The van der Waals surface area contributed by atoms with E-state index in [-0.39, 0.29) is 47.0 Å². The maximum atomic E-state index is 14.3. The third-order valence-electron chi connectivity index (χ3n) is 5.81.